The largest absolute Gasteiger partial charge is 0.463 e. The van der Waals surface area contributed by atoms with Crippen molar-refractivity contribution < 1.29 is 18.7 Å². The van der Waals surface area contributed by atoms with Gasteiger partial charge in [-0.2, -0.15) is 9.97 Å². The third-order valence-corrected chi connectivity index (χ3v) is 7.02. The van der Waals surface area contributed by atoms with E-state index in [1.54, 1.807) is 0 Å². The summed E-state index contributed by atoms with van der Waals surface area (Å²) in [5, 5.41) is 6.57. The monoisotopic (exact) mass is 493 g/mol. The second kappa shape index (κ2) is 7.83. The van der Waals surface area contributed by atoms with Crippen molar-refractivity contribution in [3.05, 3.63) is 21.4 Å². The fourth-order valence-corrected chi connectivity index (χ4v) is 4.99. The number of aromatic nitrogens is 2. The molecule has 1 aliphatic carbocycles. The van der Waals surface area contributed by atoms with Gasteiger partial charge in [-0.1, -0.05) is 0 Å². The lowest BCUT2D eigenvalue weighted by Gasteiger charge is -2.21. The number of carbonyl (C=O) groups is 1. The number of fused-ring (bicyclic) bond motifs is 3. The zero-order valence-corrected chi connectivity index (χ0v) is 19.1. The Bertz CT molecular complexity index is 1060. The highest BCUT2D eigenvalue weighted by atomic mass is 79.9. The zero-order valence-electron chi connectivity index (χ0n) is 17.6. The Hall–Kier alpha value is -2.04. The van der Waals surface area contributed by atoms with Gasteiger partial charge in [0.1, 0.15) is 17.4 Å². The number of ether oxygens (including phenoxy) is 2. The number of nitrogens with one attached hydrogen (secondary N) is 2. The molecule has 1 aromatic heterocycles. The molecule has 1 saturated carbocycles. The molecular formula is C21H25BrFN5O3. The molecule has 2 N–H and O–H groups in total. The average molecular weight is 494 g/mol. The van der Waals surface area contributed by atoms with Crippen LogP contribution in [0.3, 0.4) is 0 Å². The Kier molecular flexibility index (Phi) is 5.26. The normalized spacial score (nSPS) is 21.5. The quantitative estimate of drug-likeness (QED) is 0.612. The van der Waals surface area contributed by atoms with Crippen LogP contribution in [0.5, 0.6) is 6.01 Å². The van der Waals surface area contributed by atoms with Gasteiger partial charge in [-0.3, -0.25) is 4.79 Å². The van der Waals surface area contributed by atoms with Crippen molar-refractivity contribution in [3.63, 3.8) is 0 Å². The van der Waals surface area contributed by atoms with Gasteiger partial charge >= 0.3 is 6.01 Å². The van der Waals surface area contributed by atoms with E-state index in [0.29, 0.717) is 48.5 Å². The van der Waals surface area contributed by atoms with Crippen LogP contribution in [0.1, 0.15) is 30.4 Å². The lowest BCUT2D eigenvalue weighted by atomic mass is 10.0. The molecule has 0 unspecified atom stereocenters. The molecule has 8 nitrogen and oxygen atoms in total. The SMILES string of the molecule is CN(C)CC1(COc2nc(N[C@@H]3CCNC3=O)c3c4c(c(Br)c(F)c3n2)COC4)CC1. The Morgan fingerprint density at radius 3 is 2.77 bits per heavy atom. The molecule has 1 amide bonds. The van der Waals surface area contributed by atoms with E-state index in [9.17, 15) is 4.79 Å². The van der Waals surface area contributed by atoms with Gasteiger partial charge in [0.05, 0.1) is 29.7 Å². The molecule has 0 bridgehead atoms. The van der Waals surface area contributed by atoms with Crippen LogP contribution in [-0.4, -0.2) is 60.6 Å². The van der Waals surface area contributed by atoms with Crippen LogP contribution in [-0.2, 0) is 22.7 Å². The number of nitrogens with zero attached hydrogens (tertiary/aromatic N) is 3. The molecule has 1 aromatic carbocycles. The predicted molar refractivity (Wildman–Crippen MR) is 116 cm³/mol. The van der Waals surface area contributed by atoms with E-state index in [1.807, 2.05) is 14.1 Å². The van der Waals surface area contributed by atoms with Crippen molar-refractivity contribution in [1.29, 1.82) is 0 Å². The fraction of sp³-hybridized carbons (Fsp3) is 0.571. The summed E-state index contributed by atoms with van der Waals surface area (Å²) in [6.07, 6.45) is 2.79. The Balaban J connectivity index is 1.55. The van der Waals surface area contributed by atoms with Crippen LogP contribution >= 0.6 is 15.9 Å². The average Bonchev–Trinajstić information content (AvgIpc) is 3.10. The first-order valence-electron chi connectivity index (χ1n) is 10.5. The van der Waals surface area contributed by atoms with Gasteiger partial charge in [0, 0.05) is 24.1 Å². The van der Waals surface area contributed by atoms with Crippen LogP contribution in [0, 0.1) is 11.2 Å². The van der Waals surface area contributed by atoms with Gasteiger partial charge in [0.25, 0.3) is 0 Å². The van der Waals surface area contributed by atoms with Crippen LogP contribution in [0.15, 0.2) is 4.47 Å². The summed E-state index contributed by atoms with van der Waals surface area (Å²) in [5.41, 5.74) is 1.84. The first kappa shape index (κ1) is 20.8. The standard InChI is InChI=1S/C21H25BrFN5O3/c1-28(2)9-21(4-5-21)10-31-20-26-17-14(11-7-30-8-12(11)15(22)16(17)23)18(27-20)25-13-3-6-24-19(13)29/h13H,3-10H2,1-2H3,(H,24,29)(H,25,26,27)/t13-/m1/s1. The highest BCUT2D eigenvalue weighted by Crippen LogP contribution is 2.46. The highest BCUT2D eigenvalue weighted by Gasteiger charge is 2.44. The van der Waals surface area contributed by atoms with E-state index in [2.05, 4.69) is 41.4 Å². The number of amides is 1. The zero-order chi connectivity index (χ0) is 21.8. The van der Waals surface area contributed by atoms with E-state index in [-0.39, 0.29) is 22.8 Å². The number of hydrogen-bond acceptors (Lipinski definition) is 7. The molecule has 3 heterocycles. The van der Waals surface area contributed by atoms with Crippen molar-refractivity contribution >= 4 is 38.6 Å². The molecule has 166 valence electrons. The van der Waals surface area contributed by atoms with E-state index in [1.165, 1.54) is 0 Å². The maximum atomic E-state index is 15.3. The number of rotatable bonds is 7. The molecule has 0 radical (unpaired) electrons. The Labute approximate surface area is 188 Å². The molecule has 31 heavy (non-hydrogen) atoms. The first-order chi connectivity index (χ1) is 14.9. The topological polar surface area (TPSA) is 88.6 Å². The van der Waals surface area contributed by atoms with Crippen molar-refractivity contribution in [1.82, 2.24) is 20.2 Å². The lowest BCUT2D eigenvalue weighted by molar-refractivity contribution is -0.119. The van der Waals surface area contributed by atoms with Gasteiger partial charge in [-0.15, -0.1) is 0 Å². The third-order valence-electron chi connectivity index (χ3n) is 6.19. The summed E-state index contributed by atoms with van der Waals surface area (Å²) in [4.78, 5) is 23.3. The third kappa shape index (κ3) is 3.85. The molecule has 2 aliphatic heterocycles. The minimum Gasteiger partial charge on any atom is -0.463 e. The molecule has 3 aliphatic rings. The van der Waals surface area contributed by atoms with E-state index >= 15 is 4.39 Å². The fourth-order valence-electron chi connectivity index (χ4n) is 4.45. The molecule has 1 saturated heterocycles. The van der Waals surface area contributed by atoms with E-state index < -0.39 is 11.9 Å². The van der Waals surface area contributed by atoms with Crippen molar-refractivity contribution in [2.45, 2.75) is 38.5 Å². The summed E-state index contributed by atoms with van der Waals surface area (Å²) in [6.45, 7) is 2.63. The number of hydrogen-bond donors (Lipinski definition) is 2. The second-order valence-electron chi connectivity index (χ2n) is 8.96. The van der Waals surface area contributed by atoms with Crippen LogP contribution in [0.25, 0.3) is 10.9 Å². The number of carbonyl (C=O) groups excluding carboxylic acids is 1. The number of anilines is 1. The maximum absolute atomic E-state index is 15.3. The minimum atomic E-state index is -0.472. The van der Waals surface area contributed by atoms with Gasteiger partial charge in [-0.05, 0) is 54.9 Å². The maximum Gasteiger partial charge on any atom is 0.319 e. The van der Waals surface area contributed by atoms with Crippen molar-refractivity contribution in [2.24, 2.45) is 5.41 Å². The highest BCUT2D eigenvalue weighted by molar-refractivity contribution is 9.10. The van der Waals surface area contributed by atoms with Crippen molar-refractivity contribution in [2.75, 3.05) is 39.1 Å². The van der Waals surface area contributed by atoms with Gasteiger partial charge in [0.15, 0.2) is 5.82 Å². The van der Waals surface area contributed by atoms with E-state index in [0.717, 1.165) is 30.5 Å². The molecular weight excluding hydrogens is 469 g/mol. The molecule has 0 spiro atoms. The molecule has 5 rings (SSSR count). The van der Waals surface area contributed by atoms with Crippen LogP contribution in [0.2, 0.25) is 0 Å². The summed E-state index contributed by atoms with van der Waals surface area (Å²) >= 11 is 3.36. The summed E-state index contributed by atoms with van der Waals surface area (Å²) in [6, 6.07) is -0.317. The summed E-state index contributed by atoms with van der Waals surface area (Å²) in [7, 11) is 4.08. The molecule has 2 fully saturated rings. The Morgan fingerprint density at radius 2 is 2.10 bits per heavy atom. The summed E-state index contributed by atoms with van der Waals surface area (Å²) < 4.78 is 27.2. The summed E-state index contributed by atoms with van der Waals surface area (Å²) in [5.74, 6) is -0.157. The Morgan fingerprint density at radius 1 is 1.32 bits per heavy atom. The predicted octanol–water partition coefficient (Wildman–Crippen LogP) is 2.58. The first-order valence-corrected chi connectivity index (χ1v) is 11.3. The van der Waals surface area contributed by atoms with Gasteiger partial charge in [-0.25, -0.2) is 4.39 Å². The van der Waals surface area contributed by atoms with Gasteiger partial charge in [0.2, 0.25) is 5.91 Å². The lowest BCUT2D eigenvalue weighted by Crippen LogP contribution is -2.30. The van der Waals surface area contributed by atoms with Crippen LogP contribution in [0.4, 0.5) is 10.2 Å². The molecule has 1 atom stereocenters. The van der Waals surface area contributed by atoms with Crippen LogP contribution < -0.4 is 15.4 Å². The van der Waals surface area contributed by atoms with Gasteiger partial charge < -0.3 is 25.0 Å². The molecule has 2 aromatic rings. The number of halogens is 2. The minimum absolute atomic E-state index is 0.0889. The van der Waals surface area contributed by atoms with E-state index in [4.69, 9.17) is 9.47 Å². The number of benzene rings is 1. The smallest absolute Gasteiger partial charge is 0.319 e. The molecule has 10 heteroatoms. The van der Waals surface area contributed by atoms with Crippen molar-refractivity contribution in [3.8, 4) is 6.01 Å². The second-order valence-corrected chi connectivity index (χ2v) is 9.75.